The molecule has 0 radical (unpaired) electrons. The largest absolute Gasteiger partial charge is 0.491 e. The third-order valence-electron chi connectivity index (χ3n) is 3.87. The van der Waals surface area contributed by atoms with Crippen LogP contribution in [-0.4, -0.2) is 41.5 Å². The van der Waals surface area contributed by atoms with Crippen LogP contribution in [0.5, 0.6) is 5.75 Å². The van der Waals surface area contributed by atoms with E-state index in [-0.39, 0.29) is 17.0 Å². The highest BCUT2D eigenvalue weighted by molar-refractivity contribution is 6.05. The summed E-state index contributed by atoms with van der Waals surface area (Å²) in [5.41, 5.74) is 0.462. The van der Waals surface area contributed by atoms with Crippen LogP contribution in [0.2, 0.25) is 0 Å². The van der Waals surface area contributed by atoms with Crippen molar-refractivity contribution in [3.8, 4) is 5.75 Å². The highest BCUT2D eigenvalue weighted by Crippen LogP contribution is 2.26. The molecule has 0 spiro atoms. The second-order valence-electron chi connectivity index (χ2n) is 5.58. The quantitative estimate of drug-likeness (QED) is 0.896. The van der Waals surface area contributed by atoms with Crippen LogP contribution < -0.4 is 15.6 Å². The van der Waals surface area contributed by atoms with Gasteiger partial charge in [0.25, 0.3) is 17.4 Å². The van der Waals surface area contributed by atoms with Crippen LogP contribution in [0.15, 0.2) is 41.3 Å². The third kappa shape index (κ3) is 2.88. The van der Waals surface area contributed by atoms with Crippen molar-refractivity contribution in [3.63, 3.8) is 0 Å². The molecule has 24 heavy (non-hydrogen) atoms. The van der Waals surface area contributed by atoms with Crippen molar-refractivity contribution < 1.29 is 14.3 Å². The number of carbonyl (C=O) groups is 2. The van der Waals surface area contributed by atoms with E-state index in [1.807, 2.05) is 0 Å². The average Bonchev–Trinajstić information content (AvgIpc) is 2.70. The SMILES string of the molecule is CN1CCOc2ccc(NC(=O)c3cccn(C)c3=O)cc2C1=O. The Labute approximate surface area is 138 Å². The van der Waals surface area contributed by atoms with Gasteiger partial charge < -0.3 is 19.5 Å². The van der Waals surface area contributed by atoms with Gasteiger partial charge in [0.1, 0.15) is 17.9 Å². The normalized spacial score (nSPS) is 13.8. The topological polar surface area (TPSA) is 80.6 Å². The van der Waals surface area contributed by atoms with Crippen LogP contribution >= 0.6 is 0 Å². The first-order valence-corrected chi connectivity index (χ1v) is 7.46. The summed E-state index contributed by atoms with van der Waals surface area (Å²) in [6.07, 6.45) is 1.58. The number of hydrogen-bond acceptors (Lipinski definition) is 4. The Morgan fingerprint density at radius 3 is 2.79 bits per heavy atom. The highest BCUT2D eigenvalue weighted by atomic mass is 16.5. The van der Waals surface area contributed by atoms with Crippen molar-refractivity contribution in [2.24, 2.45) is 7.05 Å². The fraction of sp³-hybridized carbons (Fsp3) is 0.235. The molecule has 124 valence electrons. The summed E-state index contributed by atoms with van der Waals surface area (Å²) in [6, 6.07) is 7.93. The van der Waals surface area contributed by atoms with Crippen LogP contribution in [0, 0.1) is 0 Å². The molecule has 1 N–H and O–H groups in total. The van der Waals surface area contributed by atoms with E-state index in [0.29, 0.717) is 30.2 Å². The van der Waals surface area contributed by atoms with Gasteiger partial charge in [0.05, 0.1) is 12.1 Å². The van der Waals surface area contributed by atoms with Crippen LogP contribution in [-0.2, 0) is 7.05 Å². The molecule has 1 aliphatic rings. The number of anilines is 1. The van der Waals surface area contributed by atoms with E-state index in [1.54, 1.807) is 49.5 Å². The number of hydrogen-bond donors (Lipinski definition) is 1. The molecule has 3 rings (SSSR count). The number of carbonyl (C=O) groups excluding carboxylic acids is 2. The van der Waals surface area contributed by atoms with E-state index >= 15 is 0 Å². The Bertz CT molecular complexity index is 872. The van der Waals surface area contributed by atoms with Crippen LogP contribution in [0.1, 0.15) is 20.7 Å². The van der Waals surface area contributed by atoms with Crippen molar-refractivity contribution in [2.75, 3.05) is 25.5 Å². The predicted molar refractivity (Wildman–Crippen MR) is 88.5 cm³/mol. The van der Waals surface area contributed by atoms with Crippen molar-refractivity contribution in [1.82, 2.24) is 9.47 Å². The molecular formula is C17H17N3O4. The second-order valence-corrected chi connectivity index (χ2v) is 5.58. The first-order valence-electron chi connectivity index (χ1n) is 7.46. The molecule has 0 fully saturated rings. The molecule has 1 aliphatic heterocycles. The van der Waals surface area contributed by atoms with E-state index in [9.17, 15) is 14.4 Å². The molecule has 1 aromatic carbocycles. The fourth-order valence-corrected chi connectivity index (χ4v) is 2.47. The van der Waals surface area contributed by atoms with Gasteiger partial charge in [-0.2, -0.15) is 0 Å². The fourth-order valence-electron chi connectivity index (χ4n) is 2.47. The Morgan fingerprint density at radius 2 is 2.00 bits per heavy atom. The van der Waals surface area contributed by atoms with Gasteiger partial charge in [0.2, 0.25) is 0 Å². The summed E-state index contributed by atoms with van der Waals surface area (Å²) in [5, 5.41) is 2.65. The number of nitrogens with one attached hydrogen (secondary N) is 1. The molecule has 2 aromatic rings. The third-order valence-corrected chi connectivity index (χ3v) is 3.87. The minimum atomic E-state index is -0.522. The lowest BCUT2D eigenvalue weighted by Crippen LogP contribution is -2.28. The summed E-state index contributed by atoms with van der Waals surface area (Å²) in [5.74, 6) is -0.210. The first kappa shape index (κ1) is 15.8. The van der Waals surface area contributed by atoms with Crippen molar-refractivity contribution in [1.29, 1.82) is 0 Å². The molecule has 0 bridgehead atoms. The molecule has 2 amide bonds. The van der Waals surface area contributed by atoms with E-state index in [1.165, 1.54) is 10.6 Å². The number of benzene rings is 1. The lowest BCUT2D eigenvalue weighted by atomic mass is 10.1. The van der Waals surface area contributed by atoms with Gasteiger partial charge in [-0.05, 0) is 30.3 Å². The summed E-state index contributed by atoms with van der Waals surface area (Å²) < 4.78 is 6.87. The van der Waals surface area contributed by atoms with Crippen molar-refractivity contribution >= 4 is 17.5 Å². The summed E-state index contributed by atoms with van der Waals surface area (Å²) in [4.78, 5) is 38.2. The standard InChI is InChI=1S/C17H17N3O4/c1-19-7-3-4-12(16(19)22)15(21)18-11-5-6-14-13(10-11)17(23)20(2)8-9-24-14/h3-7,10H,8-9H2,1-2H3,(H,18,21). The van der Waals surface area contributed by atoms with Gasteiger partial charge >= 0.3 is 0 Å². The maximum absolute atomic E-state index is 12.3. The zero-order valence-electron chi connectivity index (χ0n) is 13.4. The molecule has 2 heterocycles. The zero-order valence-corrected chi connectivity index (χ0v) is 13.4. The monoisotopic (exact) mass is 327 g/mol. The number of likely N-dealkylation sites (N-methyl/N-ethyl adjacent to an activating group) is 1. The Hall–Kier alpha value is -3.09. The number of amides is 2. The number of ether oxygens (including phenoxy) is 1. The average molecular weight is 327 g/mol. The smallest absolute Gasteiger partial charge is 0.263 e. The molecule has 7 heteroatoms. The van der Waals surface area contributed by atoms with Crippen LogP contribution in [0.4, 0.5) is 5.69 Å². The number of pyridine rings is 1. The lowest BCUT2D eigenvalue weighted by molar-refractivity contribution is 0.0796. The van der Waals surface area contributed by atoms with Crippen LogP contribution in [0.3, 0.4) is 0 Å². The Balaban J connectivity index is 1.90. The van der Waals surface area contributed by atoms with Gasteiger partial charge in [0.15, 0.2) is 0 Å². The van der Waals surface area contributed by atoms with Crippen molar-refractivity contribution in [2.45, 2.75) is 0 Å². The van der Waals surface area contributed by atoms with Gasteiger partial charge in [-0.15, -0.1) is 0 Å². The summed E-state index contributed by atoms with van der Waals surface area (Å²) in [7, 11) is 3.27. The molecule has 0 saturated carbocycles. The molecule has 0 atom stereocenters. The molecule has 0 saturated heterocycles. The molecule has 7 nitrogen and oxygen atoms in total. The molecule has 0 unspecified atom stereocenters. The first-order chi connectivity index (χ1) is 11.5. The van der Waals surface area contributed by atoms with E-state index in [2.05, 4.69) is 5.32 Å². The van der Waals surface area contributed by atoms with Gasteiger partial charge in [-0.1, -0.05) is 0 Å². The summed E-state index contributed by atoms with van der Waals surface area (Å²) in [6.45, 7) is 0.913. The van der Waals surface area contributed by atoms with E-state index in [0.717, 1.165) is 0 Å². The summed E-state index contributed by atoms with van der Waals surface area (Å²) >= 11 is 0. The van der Waals surface area contributed by atoms with Crippen LogP contribution in [0.25, 0.3) is 0 Å². The number of aryl methyl sites for hydroxylation is 1. The number of rotatable bonds is 2. The lowest BCUT2D eigenvalue weighted by Gasteiger charge is -2.13. The highest BCUT2D eigenvalue weighted by Gasteiger charge is 2.21. The molecular weight excluding hydrogens is 310 g/mol. The Morgan fingerprint density at radius 1 is 1.21 bits per heavy atom. The predicted octanol–water partition coefficient (Wildman–Crippen LogP) is 1.10. The zero-order chi connectivity index (χ0) is 17.3. The van der Waals surface area contributed by atoms with E-state index in [4.69, 9.17) is 4.74 Å². The Kier molecular flexibility index (Phi) is 4.07. The maximum atomic E-state index is 12.3. The van der Waals surface area contributed by atoms with Crippen molar-refractivity contribution in [3.05, 3.63) is 58.0 Å². The molecule has 1 aromatic heterocycles. The van der Waals surface area contributed by atoms with Gasteiger partial charge in [-0.3, -0.25) is 14.4 Å². The minimum Gasteiger partial charge on any atom is -0.491 e. The van der Waals surface area contributed by atoms with Gasteiger partial charge in [-0.25, -0.2) is 0 Å². The number of fused-ring (bicyclic) bond motifs is 1. The number of nitrogens with zero attached hydrogens (tertiary/aromatic N) is 2. The van der Waals surface area contributed by atoms with E-state index < -0.39 is 5.91 Å². The number of aromatic nitrogens is 1. The second kappa shape index (κ2) is 6.19. The molecule has 0 aliphatic carbocycles. The minimum absolute atomic E-state index is 0.0367. The van der Waals surface area contributed by atoms with Gasteiger partial charge in [0, 0.05) is 26.0 Å². The maximum Gasteiger partial charge on any atom is 0.263 e.